The fourth-order valence-corrected chi connectivity index (χ4v) is 6.88. The van der Waals surface area contributed by atoms with Gasteiger partial charge >= 0.3 is 12.1 Å². The number of carboxylic acid groups (broad SMARTS) is 1. The molecule has 1 aliphatic carbocycles. The van der Waals surface area contributed by atoms with Crippen LogP contribution in [0.25, 0.3) is 11.0 Å². The normalized spacial score (nSPS) is 25.5. The summed E-state index contributed by atoms with van der Waals surface area (Å²) < 4.78 is 11.9. The molecule has 0 spiro atoms. The molecule has 13 heteroatoms. The van der Waals surface area contributed by atoms with Crippen LogP contribution in [0.2, 0.25) is 0 Å². The molecule has 3 amide bonds. The zero-order valence-electron chi connectivity index (χ0n) is 29.2. The number of carbonyl (C=O) groups excluding carboxylic acids is 3. The van der Waals surface area contributed by atoms with Crippen LogP contribution in [0.15, 0.2) is 48.8 Å². The highest BCUT2D eigenvalue weighted by molar-refractivity contribution is 5.96. The Morgan fingerprint density at radius 3 is 2.43 bits per heavy atom. The minimum atomic E-state index is -1.38. The fourth-order valence-electron chi connectivity index (χ4n) is 6.88. The van der Waals surface area contributed by atoms with E-state index in [4.69, 9.17) is 19.4 Å². The van der Waals surface area contributed by atoms with E-state index in [2.05, 4.69) is 27.5 Å². The molecular formula is C38H44N6O7. The van der Waals surface area contributed by atoms with Crippen LogP contribution < -0.4 is 15.4 Å². The van der Waals surface area contributed by atoms with Crippen LogP contribution in [0.4, 0.5) is 4.79 Å². The summed E-state index contributed by atoms with van der Waals surface area (Å²) in [5.41, 5.74) is -0.0341. The molecule has 1 saturated carbocycles. The van der Waals surface area contributed by atoms with Gasteiger partial charge in [0.1, 0.15) is 29.3 Å². The number of benzene rings is 1. The lowest BCUT2D eigenvalue weighted by molar-refractivity contribution is -0.146. The van der Waals surface area contributed by atoms with Crippen molar-refractivity contribution in [3.05, 3.63) is 60.0 Å². The first-order valence-electron chi connectivity index (χ1n) is 17.6. The average Bonchev–Trinajstić information content (AvgIpc) is 3.62. The van der Waals surface area contributed by atoms with Crippen LogP contribution in [-0.2, 0) is 19.1 Å². The Morgan fingerprint density at radius 2 is 1.73 bits per heavy atom. The summed E-state index contributed by atoms with van der Waals surface area (Å²) in [7, 11) is 0. The van der Waals surface area contributed by atoms with Gasteiger partial charge < -0.3 is 30.1 Å². The van der Waals surface area contributed by atoms with E-state index in [9.17, 15) is 24.3 Å². The van der Waals surface area contributed by atoms with Crippen molar-refractivity contribution in [2.75, 3.05) is 6.54 Å². The molecular weight excluding hydrogens is 652 g/mol. The number of fused-ring (bicyclic) bond motifs is 3. The summed E-state index contributed by atoms with van der Waals surface area (Å²) in [5, 5.41) is 15.8. The summed E-state index contributed by atoms with van der Waals surface area (Å²) in [4.78, 5) is 68.8. The van der Waals surface area contributed by atoms with Crippen LogP contribution in [0.5, 0.6) is 5.88 Å². The van der Waals surface area contributed by atoms with Crippen molar-refractivity contribution in [1.29, 1.82) is 0 Å². The number of hydrogen-bond donors (Lipinski definition) is 3. The molecule has 268 valence electrons. The summed E-state index contributed by atoms with van der Waals surface area (Å²) in [5.74, 6) is 3.91. The zero-order valence-corrected chi connectivity index (χ0v) is 29.2. The number of hydrogen-bond acceptors (Lipinski definition) is 9. The van der Waals surface area contributed by atoms with E-state index < -0.39 is 53.2 Å². The lowest BCUT2D eigenvalue weighted by Gasteiger charge is -2.30. The number of aromatic nitrogens is 3. The van der Waals surface area contributed by atoms with Crippen LogP contribution in [-0.4, -0.2) is 84.7 Å². The van der Waals surface area contributed by atoms with E-state index in [-0.39, 0.29) is 30.5 Å². The second-order valence-electron chi connectivity index (χ2n) is 14.6. The number of carboxylic acids is 1. The van der Waals surface area contributed by atoms with E-state index in [0.717, 1.165) is 25.7 Å². The van der Waals surface area contributed by atoms with Gasteiger partial charge in [-0.2, -0.15) is 0 Å². The molecule has 6 rings (SSSR count). The summed E-state index contributed by atoms with van der Waals surface area (Å²) in [6.07, 6.45) is 7.43. The topological polar surface area (TPSA) is 173 Å². The molecule has 3 fully saturated rings. The van der Waals surface area contributed by atoms with E-state index >= 15 is 0 Å². The Kier molecular flexibility index (Phi) is 10.4. The van der Waals surface area contributed by atoms with Gasteiger partial charge in [0.2, 0.25) is 17.7 Å². The van der Waals surface area contributed by atoms with Crippen LogP contribution in [0, 0.1) is 17.8 Å². The minimum absolute atomic E-state index is 0.0170. The van der Waals surface area contributed by atoms with Crippen molar-refractivity contribution < 1.29 is 33.8 Å². The first kappa shape index (κ1) is 35.6. The molecule has 2 unspecified atom stereocenters. The van der Waals surface area contributed by atoms with Crippen molar-refractivity contribution in [3.63, 3.8) is 0 Å². The van der Waals surface area contributed by atoms with E-state index in [0.29, 0.717) is 42.3 Å². The number of ether oxygens (including phenoxy) is 2. The maximum atomic E-state index is 14.4. The van der Waals surface area contributed by atoms with Gasteiger partial charge in [0.05, 0.1) is 17.6 Å². The Labute approximate surface area is 296 Å². The molecule has 3 aromatic rings. The molecule has 51 heavy (non-hydrogen) atoms. The van der Waals surface area contributed by atoms with Crippen LogP contribution in [0.3, 0.4) is 0 Å². The van der Waals surface area contributed by atoms with Gasteiger partial charge in [0.25, 0.3) is 0 Å². The second kappa shape index (κ2) is 14.9. The molecule has 13 nitrogen and oxygen atoms in total. The largest absolute Gasteiger partial charge is 0.479 e. The van der Waals surface area contributed by atoms with Crippen molar-refractivity contribution in [2.24, 2.45) is 5.92 Å². The smallest absolute Gasteiger partial charge is 0.408 e. The third-order valence-electron chi connectivity index (χ3n) is 9.52. The second-order valence-corrected chi connectivity index (χ2v) is 14.6. The first-order chi connectivity index (χ1) is 24.4. The quantitative estimate of drug-likeness (QED) is 0.333. The number of nitrogens with zero attached hydrogens (tertiary/aromatic N) is 4. The van der Waals surface area contributed by atoms with E-state index in [1.807, 2.05) is 24.3 Å². The molecule has 3 N–H and O–H groups in total. The predicted octanol–water partition coefficient (Wildman–Crippen LogP) is 4.37. The summed E-state index contributed by atoms with van der Waals surface area (Å²) in [6, 6.07) is 8.85. The summed E-state index contributed by atoms with van der Waals surface area (Å²) >= 11 is 0. The van der Waals surface area contributed by atoms with E-state index in [1.165, 1.54) is 4.90 Å². The number of para-hydroxylation sites is 2. The van der Waals surface area contributed by atoms with Crippen LogP contribution >= 0.6 is 0 Å². The Bertz CT molecular complexity index is 1850. The molecule has 4 heterocycles. The third-order valence-corrected chi connectivity index (χ3v) is 9.52. The van der Waals surface area contributed by atoms with Crippen molar-refractivity contribution >= 4 is 34.9 Å². The highest BCUT2D eigenvalue weighted by Gasteiger charge is 2.62. The minimum Gasteiger partial charge on any atom is -0.479 e. The Balaban J connectivity index is 1.32. The molecule has 2 aromatic heterocycles. The number of amides is 3. The van der Waals surface area contributed by atoms with Gasteiger partial charge in [0, 0.05) is 24.4 Å². The zero-order chi connectivity index (χ0) is 36.2. The maximum absolute atomic E-state index is 14.4. The van der Waals surface area contributed by atoms with Gasteiger partial charge in [-0.1, -0.05) is 50.2 Å². The monoisotopic (exact) mass is 696 g/mol. The van der Waals surface area contributed by atoms with Gasteiger partial charge in [-0.15, -0.1) is 0 Å². The van der Waals surface area contributed by atoms with Gasteiger partial charge in [0.15, 0.2) is 5.69 Å². The number of pyridine rings is 1. The van der Waals surface area contributed by atoms with Crippen molar-refractivity contribution in [3.8, 4) is 17.7 Å². The number of alkyl carbamates (subject to hydrolysis) is 1. The number of nitrogens with one attached hydrogen (secondary N) is 2. The van der Waals surface area contributed by atoms with E-state index in [1.54, 1.807) is 45.3 Å². The van der Waals surface area contributed by atoms with Crippen LogP contribution in [0.1, 0.15) is 89.8 Å². The van der Waals surface area contributed by atoms with Gasteiger partial charge in [-0.25, -0.2) is 19.6 Å². The van der Waals surface area contributed by atoms with Crippen molar-refractivity contribution in [2.45, 2.75) is 108 Å². The number of aliphatic carboxylic acids is 1. The highest BCUT2D eigenvalue weighted by atomic mass is 16.6. The molecule has 0 radical (unpaired) electrons. The molecule has 2 saturated heterocycles. The van der Waals surface area contributed by atoms with Gasteiger partial charge in [-0.3, -0.25) is 14.6 Å². The third kappa shape index (κ3) is 8.56. The lowest BCUT2D eigenvalue weighted by Crippen LogP contribution is -2.56. The number of carbonyl (C=O) groups is 4. The predicted molar refractivity (Wildman–Crippen MR) is 186 cm³/mol. The number of rotatable bonds is 4. The standard InChI is InChI=1S/C38H44N6O7/c1-37(2,3)51-36(49)42-30-16-8-6-4-5-7-13-25-21-38(25,35(47)48)43-32(45)31-20-26(23-44(31)34(30)46)50-33-29(18-17-24-12-11-19-39-22-24)40-27-14-9-10-15-28(27)41-33/h9-12,14-15,19,22,25-26,30-31H,4-8,13,16,20-21,23H2,1-3H3,(H,42,49)(H,43,45)(H,47,48)/t25?,26-,30+,31+,38?/m1/s1. The fraction of sp³-hybridized carbons (Fsp3) is 0.500. The molecule has 2 aliphatic heterocycles. The lowest BCUT2D eigenvalue weighted by atomic mass is 10.0. The molecule has 5 atom stereocenters. The summed E-state index contributed by atoms with van der Waals surface area (Å²) in [6.45, 7) is 5.20. The van der Waals surface area contributed by atoms with Crippen molar-refractivity contribution in [1.82, 2.24) is 30.5 Å². The Morgan fingerprint density at radius 1 is 1.00 bits per heavy atom. The Hall–Kier alpha value is -5.25. The molecule has 1 aromatic carbocycles. The maximum Gasteiger partial charge on any atom is 0.408 e. The molecule has 0 bridgehead atoms. The highest BCUT2D eigenvalue weighted by Crippen LogP contribution is 2.47. The van der Waals surface area contributed by atoms with Gasteiger partial charge in [-0.05, 0) is 76.1 Å². The average molecular weight is 697 g/mol. The SMILES string of the molecule is CC(C)(C)OC(=O)N[C@H]1CCCCCCCC2CC2(C(=O)O)NC(=O)[C@@H]2C[C@@H](Oc3nc4ccccc4nc3C#Cc3cccnc3)CN2C1=O. The molecule has 3 aliphatic rings. The first-order valence-corrected chi connectivity index (χ1v) is 17.6.